The van der Waals surface area contributed by atoms with Gasteiger partial charge in [0.05, 0.1) is 12.7 Å². The fourth-order valence-electron chi connectivity index (χ4n) is 3.86. The number of rotatable bonds is 8. The van der Waals surface area contributed by atoms with Gasteiger partial charge in [-0.2, -0.15) is 8.42 Å². The smallest absolute Gasteiger partial charge is 0.335 e. The minimum Gasteiger partial charge on any atom is -0.493 e. The topological polar surface area (TPSA) is 135 Å². The molecule has 0 unspecified atom stereocenters. The average Bonchev–Trinajstić information content (AvgIpc) is 2.84. The monoisotopic (exact) mass is 510 g/mol. The molecule has 0 aliphatic heterocycles. The molecule has 1 aromatic heterocycles. The Morgan fingerprint density at radius 2 is 1.80 bits per heavy atom. The molecule has 3 rings (SSSR count). The normalized spacial score (nSPS) is 17.6. The van der Waals surface area contributed by atoms with E-state index in [1.54, 1.807) is 43.6 Å². The van der Waals surface area contributed by atoms with E-state index in [-0.39, 0.29) is 30.2 Å². The summed E-state index contributed by atoms with van der Waals surface area (Å²) in [6, 6.07) is 8.20. The maximum absolute atomic E-state index is 14.8. The van der Waals surface area contributed by atoms with Gasteiger partial charge >= 0.3 is 11.6 Å². The second kappa shape index (κ2) is 13.3. The zero-order chi connectivity index (χ0) is 26.0. The molecule has 1 aliphatic rings. The first kappa shape index (κ1) is 28.3. The van der Waals surface area contributed by atoms with Gasteiger partial charge in [-0.15, -0.1) is 0 Å². The van der Waals surface area contributed by atoms with Crippen LogP contribution in [-0.4, -0.2) is 41.9 Å². The van der Waals surface area contributed by atoms with Crippen LogP contribution in [0.2, 0.25) is 0 Å². The molecular formula is C24H31FN2O7S. The molecule has 1 amide bonds. The van der Waals surface area contributed by atoms with Crippen LogP contribution in [0.5, 0.6) is 5.75 Å². The Bertz CT molecular complexity index is 1070. The molecule has 0 radical (unpaired) electrons. The summed E-state index contributed by atoms with van der Waals surface area (Å²) in [6.45, 7) is 3.99. The van der Waals surface area contributed by atoms with Crippen molar-refractivity contribution < 1.29 is 32.7 Å². The van der Waals surface area contributed by atoms with Crippen molar-refractivity contribution in [2.45, 2.75) is 58.6 Å². The number of amides is 1. The number of carbonyl (C=O) groups excluding carboxylic acids is 1. The van der Waals surface area contributed by atoms with E-state index in [0.29, 0.717) is 23.8 Å². The quantitative estimate of drug-likeness (QED) is 0.367. The third-order valence-corrected chi connectivity index (χ3v) is 6.24. The van der Waals surface area contributed by atoms with Gasteiger partial charge in [0.25, 0.3) is 5.56 Å². The van der Waals surface area contributed by atoms with Crippen molar-refractivity contribution >= 4 is 17.5 Å². The predicted molar refractivity (Wildman–Crippen MR) is 127 cm³/mol. The molecule has 11 heteroatoms. The van der Waals surface area contributed by atoms with E-state index >= 15 is 0 Å². The Morgan fingerprint density at radius 3 is 2.37 bits per heavy atom. The molecule has 1 aromatic carbocycles. The molecule has 9 nitrogen and oxygen atoms in total. The fraction of sp³-hybridized carbons (Fsp3) is 0.500. The Labute approximate surface area is 206 Å². The van der Waals surface area contributed by atoms with Crippen LogP contribution in [0.25, 0.3) is 11.1 Å². The molecule has 0 bridgehead atoms. The lowest BCUT2D eigenvalue weighted by Gasteiger charge is -2.25. The molecule has 0 saturated heterocycles. The van der Waals surface area contributed by atoms with Crippen molar-refractivity contribution in [1.29, 1.82) is 0 Å². The highest BCUT2D eigenvalue weighted by molar-refractivity contribution is 7.51. The molecule has 1 fully saturated rings. The van der Waals surface area contributed by atoms with Crippen LogP contribution in [0.3, 0.4) is 0 Å². The maximum Gasteiger partial charge on any atom is 0.335 e. The summed E-state index contributed by atoms with van der Waals surface area (Å²) in [4.78, 5) is 24.2. The highest BCUT2D eigenvalue weighted by Crippen LogP contribution is 2.27. The van der Waals surface area contributed by atoms with Crippen molar-refractivity contribution in [3.05, 3.63) is 52.7 Å². The summed E-state index contributed by atoms with van der Waals surface area (Å²) in [6.07, 6.45) is 4.72. The van der Waals surface area contributed by atoms with Gasteiger partial charge < -0.3 is 14.4 Å². The van der Waals surface area contributed by atoms with Gasteiger partial charge in [-0.1, -0.05) is 26.0 Å². The van der Waals surface area contributed by atoms with Gasteiger partial charge in [0.15, 0.2) is 0 Å². The molecule has 192 valence electrons. The first-order valence-electron chi connectivity index (χ1n) is 11.3. The molecule has 0 atom stereocenters. The van der Waals surface area contributed by atoms with E-state index in [0.717, 1.165) is 31.9 Å². The number of hydrogen-bond donors (Lipinski definition) is 3. The average molecular weight is 511 g/mol. The van der Waals surface area contributed by atoms with E-state index in [9.17, 15) is 19.1 Å². The van der Waals surface area contributed by atoms with Crippen LogP contribution < -0.4 is 15.8 Å². The number of aliphatic hydroxyl groups is 1. The van der Waals surface area contributed by atoms with Crippen molar-refractivity contribution in [3.63, 3.8) is 0 Å². The number of hydrogen-bond acceptors (Lipinski definition) is 7. The van der Waals surface area contributed by atoms with E-state index in [1.807, 2.05) is 0 Å². The van der Waals surface area contributed by atoms with Crippen LogP contribution in [0.4, 0.5) is 4.39 Å². The standard InChI is InChI=1S/C24H31FN2O5.O2S/c1-24(2,23(30)26-31)11-12-27-14-21(25)20(13-22(27)29)17-5-9-19(10-6-17)32-15-16-3-7-18(28)8-4-16;1-3-2/h5-6,9-10,13-14,16,18,28,31H,3-4,7-8,11-12,15H2,1-2H3,(H,26,30);. The molecule has 0 spiro atoms. The summed E-state index contributed by atoms with van der Waals surface area (Å²) in [5.74, 6) is 0.00373. The molecule has 35 heavy (non-hydrogen) atoms. The third-order valence-electron chi connectivity index (χ3n) is 6.24. The lowest BCUT2D eigenvalue weighted by atomic mass is 9.88. The van der Waals surface area contributed by atoms with Crippen molar-refractivity contribution in [1.82, 2.24) is 10.0 Å². The lowest BCUT2D eigenvalue weighted by molar-refractivity contribution is -0.138. The first-order chi connectivity index (χ1) is 16.6. The van der Waals surface area contributed by atoms with Crippen molar-refractivity contribution in [2.24, 2.45) is 11.3 Å². The second-order valence-corrected chi connectivity index (χ2v) is 9.36. The summed E-state index contributed by atoms with van der Waals surface area (Å²) in [7, 11) is 0. The van der Waals surface area contributed by atoms with E-state index in [1.165, 1.54) is 10.6 Å². The molecule has 1 heterocycles. The lowest BCUT2D eigenvalue weighted by Crippen LogP contribution is -2.36. The van der Waals surface area contributed by atoms with Crippen LogP contribution >= 0.6 is 0 Å². The number of aryl methyl sites for hydroxylation is 1. The maximum atomic E-state index is 14.8. The summed E-state index contributed by atoms with van der Waals surface area (Å²) >= 11 is -0.750. The number of ether oxygens (including phenoxy) is 1. The molecular weight excluding hydrogens is 479 g/mol. The third kappa shape index (κ3) is 8.37. The number of hydroxylamine groups is 1. The zero-order valence-corrected chi connectivity index (χ0v) is 20.6. The Balaban J connectivity index is 0.00000137. The van der Waals surface area contributed by atoms with Gasteiger partial charge in [0.1, 0.15) is 11.6 Å². The minimum atomic E-state index is -0.906. The summed E-state index contributed by atoms with van der Waals surface area (Å²) in [5.41, 5.74) is 1.10. The van der Waals surface area contributed by atoms with E-state index < -0.39 is 28.7 Å². The van der Waals surface area contributed by atoms with Crippen molar-refractivity contribution in [2.75, 3.05) is 6.61 Å². The fourth-order valence-corrected chi connectivity index (χ4v) is 3.86. The highest BCUT2D eigenvalue weighted by Gasteiger charge is 2.27. The highest BCUT2D eigenvalue weighted by atomic mass is 32.1. The Morgan fingerprint density at radius 1 is 1.20 bits per heavy atom. The Hall–Kier alpha value is -2.89. The number of nitrogens with zero attached hydrogens (tertiary/aromatic N) is 1. The largest absolute Gasteiger partial charge is 0.493 e. The minimum absolute atomic E-state index is 0.140. The molecule has 1 saturated carbocycles. The zero-order valence-electron chi connectivity index (χ0n) is 19.7. The van der Waals surface area contributed by atoms with E-state index in [2.05, 4.69) is 0 Å². The van der Waals surface area contributed by atoms with Gasteiger partial charge in [0, 0.05) is 29.8 Å². The first-order valence-corrected chi connectivity index (χ1v) is 12.0. The number of pyridine rings is 1. The number of aliphatic hydroxyl groups excluding tert-OH is 1. The van der Waals surface area contributed by atoms with Gasteiger partial charge in [-0.05, 0) is 55.7 Å². The van der Waals surface area contributed by atoms with Crippen LogP contribution in [0.1, 0.15) is 46.0 Å². The van der Waals surface area contributed by atoms with Gasteiger partial charge in [0.2, 0.25) is 5.91 Å². The molecule has 1 aliphatic carbocycles. The van der Waals surface area contributed by atoms with Crippen molar-refractivity contribution in [3.8, 4) is 16.9 Å². The molecule has 2 aromatic rings. The summed E-state index contributed by atoms with van der Waals surface area (Å²) in [5, 5.41) is 18.4. The second-order valence-electron chi connectivity index (χ2n) is 9.22. The Kier molecular flexibility index (Phi) is 10.7. The van der Waals surface area contributed by atoms with E-state index in [4.69, 9.17) is 18.4 Å². The van der Waals surface area contributed by atoms with Crippen LogP contribution in [-0.2, 0) is 22.9 Å². The predicted octanol–water partition coefficient (Wildman–Crippen LogP) is 2.84. The number of nitrogens with one attached hydrogen (secondary N) is 1. The van der Waals surface area contributed by atoms with Gasteiger partial charge in [-0.25, -0.2) is 9.87 Å². The number of halogens is 1. The number of aromatic nitrogens is 1. The molecule has 3 N–H and O–H groups in total. The van der Waals surface area contributed by atoms with Crippen LogP contribution in [0.15, 0.2) is 41.3 Å². The van der Waals surface area contributed by atoms with Gasteiger partial charge in [-0.3, -0.25) is 14.8 Å². The number of carbonyl (C=O) groups is 1. The van der Waals surface area contributed by atoms with Crippen LogP contribution in [0, 0.1) is 17.2 Å². The number of benzene rings is 1. The summed E-state index contributed by atoms with van der Waals surface area (Å²) < 4.78 is 38.4. The SMILES string of the molecule is CC(C)(CCn1cc(F)c(-c2ccc(OCC3CCC(O)CC3)cc2)cc1=O)C(=O)NO.O=S=O.